The molecule has 130 valence electrons. The van der Waals surface area contributed by atoms with Gasteiger partial charge < -0.3 is 15.2 Å². The van der Waals surface area contributed by atoms with E-state index in [9.17, 15) is 9.18 Å². The van der Waals surface area contributed by atoms with Crippen LogP contribution < -0.4 is 5.73 Å². The highest BCUT2D eigenvalue weighted by Crippen LogP contribution is 2.28. The maximum Gasteiger partial charge on any atom is 0.239 e. The summed E-state index contributed by atoms with van der Waals surface area (Å²) in [5.74, 6) is 0.405. The van der Waals surface area contributed by atoms with Crippen LogP contribution in [-0.4, -0.2) is 40.1 Å². The molecule has 0 saturated carbocycles. The van der Waals surface area contributed by atoms with Crippen LogP contribution >= 0.6 is 12.4 Å². The number of aromatic nitrogens is 2. The van der Waals surface area contributed by atoms with Gasteiger partial charge in [-0.3, -0.25) is 4.79 Å². The third-order valence-corrected chi connectivity index (χ3v) is 4.00. The van der Waals surface area contributed by atoms with Gasteiger partial charge in [0.2, 0.25) is 17.6 Å². The zero-order valence-corrected chi connectivity index (χ0v) is 14.1. The Morgan fingerprint density at radius 1 is 1.50 bits per heavy atom. The molecule has 0 spiro atoms. The third kappa shape index (κ3) is 3.91. The van der Waals surface area contributed by atoms with Gasteiger partial charge in [-0.05, 0) is 31.9 Å². The summed E-state index contributed by atoms with van der Waals surface area (Å²) in [5, 5.41) is 3.93. The fourth-order valence-corrected chi connectivity index (χ4v) is 2.81. The van der Waals surface area contributed by atoms with Crippen molar-refractivity contribution in [2.75, 3.05) is 13.1 Å². The standard InChI is InChI=1S/C16H19FN4O2.ClH/c1-10(18)16(22)21-7-3-5-12(9-21)15-19-14(20-23-15)11-4-2-6-13(17)8-11;/h2,4,6,8,10,12H,3,5,7,9,18H2,1H3;1H/t10-,12?;/m1./s1. The molecule has 1 fully saturated rings. The van der Waals surface area contributed by atoms with Gasteiger partial charge in [0.1, 0.15) is 5.82 Å². The minimum Gasteiger partial charge on any atom is -0.341 e. The lowest BCUT2D eigenvalue weighted by Crippen LogP contribution is -2.46. The van der Waals surface area contributed by atoms with Crippen LogP contribution in [0.15, 0.2) is 28.8 Å². The summed E-state index contributed by atoms with van der Waals surface area (Å²) in [4.78, 5) is 18.1. The number of rotatable bonds is 3. The summed E-state index contributed by atoms with van der Waals surface area (Å²) < 4.78 is 18.6. The highest BCUT2D eigenvalue weighted by Gasteiger charge is 2.29. The zero-order chi connectivity index (χ0) is 16.4. The van der Waals surface area contributed by atoms with Crippen LogP contribution in [-0.2, 0) is 4.79 Å². The van der Waals surface area contributed by atoms with E-state index in [2.05, 4.69) is 10.1 Å². The van der Waals surface area contributed by atoms with Crippen LogP contribution in [0.2, 0.25) is 0 Å². The Kier molecular flexibility index (Phi) is 5.90. The van der Waals surface area contributed by atoms with Gasteiger partial charge >= 0.3 is 0 Å². The predicted molar refractivity (Wildman–Crippen MR) is 89.1 cm³/mol. The average molecular weight is 355 g/mol. The summed E-state index contributed by atoms with van der Waals surface area (Å²) >= 11 is 0. The molecule has 0 bridgehead atoms. The smallest absolute Gasteiger partial charge is 0.239 e. The van der Waals surface area contributed by atoms with Crippen LogP contribution in [0, 0.1) is 5.82 Å². The molecule has 1 aliphatic heterocycles. The maximum atomic E-state index is 13.3. The quantitative estimate of drug-likeness (QED) is 0.914. The molecule has 0 aliphatic carbocycles. The van der Waals surface area contributed by atoms with Gasteiger partial charge in [0.05, 0.1) is 12.0 Å². The minimum absolute atomic E-state index is 0. The molecular weight excluding hydrogens is 335 g/mol. The van der Waals surface area contributed by atoms with E-state index in [-0.39, 0.29) is 30.0 Å². The fraction of sp³-hybridized carbons (Fsp3) is 0.438. The van der Waals surface area contributed by atoms with Crippen LogP contribution in [0.4, 0.5) is 4.39 Å². The Morgan fingerprint density at radius 2 is 2.29 bits per heavy atom. The molecule has 1 aromatic carbocycles. The number of nitrogens with zero attached hydrogens (tertiary/aromatic N) is 3. The molecule has 6 nitrogen and oxygen atoms in total. The molecule has 0 radical (unpaired) electrons. The Labute approximate surface area is 145 Å². The summed E-state index contributed by atoms with van der Waals surface area (Å²) in [7, 11) is 0. The molecule has 2 aromatic rings. The van der Waals surface area contributed by atoms with Crippen LogP contribution in [0.1, 0.15) is 31.6 Å². The second-order valence-electron chi connectivity index (χ2n) is 5.88. The Morgan fingerprint density at radius 3 is 3.00 bits per heavy atom. The molecule has 1 aromatic heterocycles. The number of carbonyl (C=O) groups excluding carboxylic acids is 1. The van der Waals surface area contributed by atoms with Gasteiger partial charge in [-0.2, -0.15) is 4.98 Å². The number of nitrogens with two attached hydrogens (primary N) is 1. The summed E-state index contributed by atoms with van der Waals surface area (Å²) in [5.41, 5.74) is 6.24. The second kappa shape index (κ2) is 7.72. The van der Waals surface area contributed by atoms with Crippen molar-refractivity contribution in [2.24, 2.45) is 5.73 Å². The number of likely N-dealkylation sites (tertiary alicyclic amines) is 1. The minimum atomic E-state index is -0.515. The molecule has 1 amide bonds. The van der Waals surface area contributed by atoms with Crippen molar-refractivity contribution in [3.63, 3.8) is 0 Å². The van der Waals surface area contributed by atoms with Gasteiger partial charge in [-0.15, -0.1) is 12.4 Å². The Bertz CT molecular complexity index is 707. The summed E-state index contributed by atoms with van der Waals surface area (Å²) in [6.07, 6.45) is 1.73. The second-order valence-corrected chi connectivity index (χ2v) is 5.88. The molecule has 1 aliphatic rings. The first-order valence-electron chi connectivity index (χ1n) is 7.68. The van der Waals surface area contributed by atoms with Crippen molar-refractivity contribution in [2.45, 2.75) is 31.7 Å². The summed E-state index contributed by atoms with van der Waals surface area (Å²) in [6.45, 7) is 2.90. The molecule has 2 heterocycles. The van der Waals surface area contributed by atoms with Crippen molar-refractivity contribution in [1.29, 1.82) is 0 Å². The van der Waals surface area contributed by atoms with E-state index in [1.807, 2.05) is 0 Å². The van der Waals surface area contributed by atoms with E-state index in [1.54, 1.807) is 24.0 Å². The number of amides is 1. The molecule has 3 rings (SSSR count). The normalized spacial score (nSPS) is 18.8. The molecule has 24 heavy (non-hydrogen) atoms. The lowest BCUT2D eigenvalue weighted by atomic mass is 9.97. The van der Waals surface area contributed by atoms with Crippen molar-refractivity contribution in [3.05, 3.63) is 36.0 Å². The number of carbonyl (C=O) groups is 1. The van der Waals surface area contributed by atoms with Crippen molar-refractivity contribution >= 4 is 18.3 Å². The maximum absolute atomic E-state index is 13.3. The first kappa shape index (κ1) is 18.4. The molecule has 1 saturated heterocycles. The highest BCUT2D eigenvalue weighted by atomic mass is 35.5. The van der Waals surface area contributed by atoms with E-state index >= 15 is 0 Å². The van der Waals surface area contributed by atoms with Gasteiger partial charge in [0.25, 0.3) is 0 Å². The predicted octanol–water partition coefficient (Wildman–Crippen LogP) is 2.35. The monoisotopic (exact) mass is 354 g/mol. The lowest BCUT2D eigenvalue weighted by Gasteiger charge is -2.32. The molecule has 2 atom stereocenters. The van der Waals surface area contributed by atoms with Crippen molar-refractivity contribution < 1.29 is 13.7 Å². The Balaban J connectivity index is 0.00000208. The Hall–Kier alpha value is -1.99. The number of hydrogen-bond donors (Lipinski definition) is 1. The van der Waals surface area contributed by atoms with Gasteiger partial charge in [0, 0.05) is 18.7 Å². The van der Waals surface area contributed by atoms with Gasteiger partial charge in [-0.1, -0.05) is 17.3 Å². The van der Waals surface area contributed by atoms with E-state index < -0.39 is 6.04 Å². The molecule has 1 unspecified atom stereocenters. The SMILES string of the molecule is C[C@@H](N)C(=O)N1CCCC(c2nc(-c3cccc(F)c3)no2)C1.Cl. The molecular formula is C16H20ClFN4O2. The number of halogens is 2. The topological polar surface area (TPSA) is 85.3 Å². The first-order valence-corrected chi connectivity index (χ1v) is 7.68. The summed E-state index contributed by atoms with van der Waals surface area (Å²) in [6, 6.07) is 5.54. The fourth-order valence-electron chi connectivity index (χ4n) is 2.81. The molecule has 2 N–H and O–H groups in total. The van der Waals surface area contributed by atoms with E-state index in [4.69, 9.17) is 10.3 Å². The van der Waals surface area contributed by atoms with Gasteiger partial charge in [-0.25, -0.2) is 4.39 Å². The van der Waals surface area contributed by atoms with Gasteiger partial charge in [0.15, 0.2) is 0 Å². The first-order chi connectivity index (χ1) is 11.0. The zero-order valence-electron chi connectivity index (χ0n) is 13.3. The van der Waals surface area contributed by atoms with Crippen molar-refractivity contribution in [3.8, 4) is 11.4 Å². The average Bonchev–Trinajstić information content (AvgIpc) is 3.04. The highest BCUT2D eigenvalue weighted by molar-refractivity contribution is 5.85. The van der Waals surface area contributed by atoms with E-state index in [0.29, 0.717) is 30.4 Å². The van der Waals surface area contributed by atoms with Crippen molar-refractivity contribution in [1.82, 2.24) is 15.0 Å². The van der Waals surface area contributed by atoms with Crippen LogP contribution in [0.25, 0.3) is 11.4 Å². The lowest BCUT2D eigenvalue weighted by molar-refractivity contribution is -0.133. The third-order valence-electron chi connectivity index (χ3n) is 4.00. The largest absolute Gasteiger partial charge is 0.341 e. The van der Waals surface area contributed by atoms with E-state index in [1.165, 1.54) is 12.1 Å². The number of piperidine rings is 1. The van der Waals surface area contributed by atoms with E-state index in [0.717, 1.165) is 12.8 Å². The van der Waals surface area contributed by atoms with Crippen LogP contribution in [0.5, 0.6) is 0 Å². The number of hydrogen-bond acceptors (Lipinski definition) is 5. The molecule has 8 heteroatoms. The number of benzene rings is 1. The van der Waals surface area contributed by atoms with Crippen LogP contribution in [0.3, 0.4) is 0 Å².